The van der Waals surface area contributed by atoms with E-state index in [0.717, 1.165) is 5.56 Å². The van der Waals surface area contributed by atoms with Crippen molar-refractivity contribution in [2.24, 2.45) is 0 Å². The minimum absolute atomic E-state index is 0.0542. The Kier molecular flexibility index (Phi) is 5.87. The Balaban J connectivity index is 2.01. The third kappa shape index (κ3) is 4.63. The van der Waals surface area contributed by atoms with Gasteiger partial charge in [-0.15, -0.1) is 0 Å². The molecule has 0 aromatic heterocycles. The molecule has 7 nitrogen and oxygen atoms in total. The van der Waals surface area contributed by atoms with E-state index in [-0.39, 0.29) is 16.8 Å². The lowest BCUT2D eigenvalue weighted by molar-refractivity contribution is -0.385. The summed E-state index contributed by atoms with van der Waals surface area (Å²) in [6.07, 6.45) is 0. The summed E-state index contributed by atoms with van der Waals surface area (Å²) in [4.78, 5) is 34.3. The van der Waals surface area contributed by atoms with Crippen LogP contribution in [0.15, 0.2) is 40.9 Å². The highest BCUT2D eigenvalue weighted by atomic mass is 79.9. The van der Waals surface area contributed by atoms with E-state index in [0.29, 0.717) is 10.2 Å². The summed E-state index contributed by atoms with van der Waals surface area (Å²) in [5.41, 5.74) is 1.65. The first-order chi connectivity index (χ1) is 11.8. The van der Waals surface area contributed by atoms with E-state index >= 15 is 0 Å². The standard InChI is InChI=1S/C17H15BrN2O5/c1-10-6-7-14(13(18)8-10)19-16(21)9-25-17(22)12-4-3-5-15(11(12)2)20(23)24/h3-8H,9H2,1-2H3,(H,19,21). The highest BCUT2D eigenvalue weighted by molar-refractivity contribution is 9.10. The number of carbonyl (C=O) groups is 2. The fraction of sp³-hybridized carbons (Fsp3) is 0.176. The maximum atomic E-state index is 12.1. The number of nitrogens with one attached hydrogen (secondary N) is 1. The zero-order chi connectivity index (χ0) is 18.6. The van der Waals surface area contributed by atoms with Crippen LogP contribution in [0.4, 0.5) is 11.4 Å². The average Bonchev–Trinajstić information content (AvgIpc) is 2.55. The molecule has 2 aromatic carbocycles. The SMILES string of the molecule is Cc1ccc(NC(=O)COC(=O)c2cccc([N+](=O)[O-])c2C)c(Br)c1. The molecule has 2 rings (SSSR count). The third-order valence-electron chi connectivity index (χ3n) is 3.45. The zero-order valence-electron chi connectivity index (χ0n) is 13.5. The fourth-order valence-electron chi connectivity index (χ4n) is 2.16. The molecule has 0 heterocycles. The van der Waals surface area contributed by atoms with Crippen LogP contribution in [0.25, 0.3) is 0 Å². The smallest absolute Gasteiger partial charge is 0.339 e. The lowest BCUT2D eigenvalue weighted by atomic mass is 10.1. The number of aryl methyl sites for hydroxylation is 1. The molecule has 0 fully saturated rings. The molecule has 1 amide bonds. The molecule has 0 aliphatic carbocycles. The van der Waals surface area contributed by atoms with Crippen LogP contribution in [0.1, 0.15) is 21.5 Å². The van der Waals surface area contributed by atoms with Gasteiger partial charge in [-0.2, -0.15) is 0 Å². The molecular formula is C17H15BrN2O5. The first-order valence-electron chi connectivity index (χ1n) is 7.26. The summed E-state index contributed by atoms with van der Waals surface area (Å²) >= 11 is 3.34. The second-order valence-electron chi connectivity index (χ2n) is 5.31. The maximum absolute atomic E-state index is 12.1. The maximum Gasteiger partial charge on any atom is 0.339 e. The van der Waals surface area contributed by atoms with Gasteiger partial charge in [0.25, 0.3) is 11.6 Å². The van der Waals surface area contributed by atoms with E-state index in [1.807, 2.05) is 19.1 Å². The number of ether oxygens (including phenoxy) is 1. The van der Waals surface area contributed by atoms with Crippen LogP contribution in [0.3, 0.4) is 0 Å². The highest BCUT2D eigenvalue weighted by Crippen LogP contribution is 2.24. The predicted octanol–water partition coefficient (Wildman–Crippen LogP) is 3.77. The molecule has 0 spiro atoms. The van der Waals surface area contributed by atoms with E-state index in [4.69, 9.17) is 4.74 Å². The summed E-state index contributed by atoms with van der Waals surface area (Å²) in [6, 6.07) is 9.51. The second kappa shape index (κ2) is 7.89. The number of nitro groups is 1. The third-order valence-corrected chi connectivity index (χ3v) is 4.11. The first-order valence-corrected chi connectivity index (χ1v) is 8.06. The lowest BCUT2D eigenvalue weighted by Gasteiger charge is -2.09. The topological polar surface area (TPSA) is 98.5 Å². The first kappa shape index (κ1) is 18.6. The number of esters is 1. The van der Waals surface area contributed by atoms with Gasteiger partial charge in [0.1, 0.15) is 0 Å². The van der Waals surface area contributed by atoms with Gasteiger partial charge in [-0.1, -0.05) is 12.1 Å². The monoisotopic (exact) mass is 406 g/mol. The lowest BCUT2D eigenvalue weighted by Crippen LogP contribution is -2.21. The van der Waals surface area contributed by atoms with Gasteiger partial charge < -0.3 is 10.1 Å². The van der Waals surface area contributed by atoms with Gasteiger partial charge >= 0.3 is 5.97 Å². The van der Waals surface area contributed by atoms with Gasteiger partial charge in [-0.25, -0.2) is 4.79 Å². The second-order valence-corrected chi connectivity index (χ2v) is 6.17. The average molecular weight is 407 g/mol. The Hall–Kier alpha value is -2.74. The molecule has 0 saturated carbocycles. The number of hydrogen-bond acceptors (Lipinski definition) is 5. The molecule has 0 bridgehead atoms. The summed E-state index contributed by atoms with van der Waals surface area (Å²) < 4.78 is 5.66. The number of benzene rings is 2. The number of nitro benzene ring substituents is 1. The van der Waals surface area contributed by atoms with Crippen molar-refractivity contribution in [2.45, 2.75) is 13.8 Å². The largest absolute Gasteiger partial charge is 0.452 e. The van der Waals surface area contributed by atoms with Crippen LogP contribution in [-0.2, 0) is 9.53 Å². The van der Waals surface area contributed by atoms with Gasteiger partial charge in [0.2, 0.25) is 0 Å². The fourth-order valence-corrected chi connectivity index (χ4v) is 2.75. The van der Waals surface area contributed by atoms with E-state index in [9.17, 15) is 19.7 Å². The number of rotatable bonds is 5. The molecular weight excluding hydrogens is 392 g/mol. The number of halogens is 1. The molecule has 0 aliphatic heterocycles. The molecule has 0 atom stereocenters. The number of nitrogens with zero attached hydrogens (tertiary/aromatic N) is 1. The van der Waals surface area contributed by atoms with Crippen LogP contribution in [0.2, 0.25) is 0 Å². The quantitative estimate of drug-likeness (QED) is 0.462. The van der Waals surface area contributed by atoms with Gasteiger partial charge in [-0.3, -0.25) is 14.9 Å². The van der Waals surface area contributed by atoms with Gasteiger partial charge in [-0.05, 0) is 53.5 Å². The Morgan fingerprint density at radius 1 is 1.24 bits per heavy atom. The number of carbonyl (C=O) groups excluding carboxylic acids is 2. The van der Waals surface area contributed by atoms with Crippen molar-refractivity contribution >= 4 is 39.2 Å². The van der Waals surface area contributed by atoms with Crippen LogP contribution < -0.4 is 5.32 Å². The minimum Gasteiger partial charge on any atom is -0.452 e. The normalized spacial score (nSPS) is 10.2. The van der Waals surface area contributed by atoms with Crippen molar-refractivity contribution in [3.05, 3.63) is 67.7 Å². The van der Waals surface area contributed by atoms with Crippen LogP contribution in [0.5, 0.6) is 0 Å². The molecule has 0 radical (unpaired) electrons. The summed E-state index contributed by atoms with van der Waals surface area (Å²) in [7, 11) is 0. The van der Waals surface area contributed by atoms with Crippen LogP contribution >= 0.6 is 15.9 Å². The zero-order valence-corrected chi connectivity index (χ0v) is 15.1. The molecule has 0 aliphatic rings. The Morgan fingerprint density at radius 3 is 2.60 bits per heavy atom. The summed E-state index contributed by atoms with van der Waals surface area (Å²) in [6.45, 7) is 2.87. The van der Waals surface area contributed by atoms with E-state index in [1.165, 1.54) is 25.1 Å². The highest BCUT2D eigenvalue weighted by Gasteiger charge is 2.19. The van der Waals surface area contributed by atoms with Crippen molar-refractivity contribution in [2.75, 3.05) is 11.9 Å². The Morgan fingerprint density at radius 2 is 1.96 bits per heavy atom. The van der Waals surface area contributed by atoms with E-state index < -0.39 is 23.4 Å². The molecule has 2 aromatic rings. The Bertz CT molecular complexity index is 851. The molecule has 0 unspecified atom stereocenters. The van der Waals surface area contributed by atoms with E-state index in [1.54, 1.807) is 6.07 Å². The number of anilines is 1. The van der Waals surface area contributed by atoms with Crippen LogP contribution in [0, 0.1) is 24.0 Å². The van der Waals surface area contributed by atoms with Gasteiger partial charge in [0.15, 0.2) is 6.61 Å². The minimum atomic E-state index is -0.792. The number of amides is 1. The molecule has 130 valence electrons. The summed E-state index contributed by atoms with van der Waals surface area (Å²) in [5, 5.41) is 13.5. The van der Waals surface area contributed by atoms with Crippen LogP contribution in [-0.4, -0.2) is 23.4 Å². The molecule has 1 N–H and O–H groups in total. The van der Waals surface area contributed by atoms with Crippen molar-refractivity contribution < 1.29 is 19.2 Å². The predicted molar refractivity (Wildman–Crippen MR) is 95.6 cm³/mol. The van der Waals surface area contributed by atoms with Crippen molar-refractivity contribution in [1.82, 2.24) is 0 Å². The van der Waals surface area contributed by atoms with Gasteiger partial charge in [0, 0.05) is 16.1 Å². The molecule has 0 saturated heterocycles. The van der Waals surface area contributed by atoms with E-state index in [2.05, 4.69) is 21.2 Å². The van der Waals surface area contributed by atoms with Crippen molar-refractivity contribution in [3.63, 3.8) is 0 Å². The Labute approximate surface area is 152 Å². The van der Waals surface area contributed by atoms with Gasteiger partial charge in [0.05, 0.1) is 16.2 Å². The number of hydrogen-bond donors (Lipinski definition) is 1. The summed E-state index contributed by atoms with van der Waals surface area (Å²) in [5.74, 6) is -1.31. The van der Waals surface area contributed by atoms with Crippen molar-refractivity contribution in [3.8, 4) is 0 Å². The molecule has 25 heavy (non-hydrogen) atoms. The van der Waals surface area contributed by atoms with Crippen molar-refractivity contribution in [1.29, 1.82) is 0 Å². The molecule has 8 heteroatoms.